The summed E-state index contributed by atoms with van der Waals surface area (Å²) in [5, 5.41) is 8.89. The van der Waals surface area contributed by atoms with Crippen LogP contribution in [0.2, 0.25) is 0 Å². The molecule has 4 nitrogen and oxygen atoms in total. The summed E-state index contributed by atoms with van der Waals surface area (Å²) in [6.45, 7) is 3.70. The van der Waals surface area contributed by atoms with Crippen LogP contribution < -0.4 is 5.73 Å². The summed E-state index contributed by atoms with van der Waals surface area (Å²) in [5.41, 5.74) is 5.18. The Morgan fingerprint density at radius 1 is 1.67 bits per heavy atom. The molecule has 0 rings (SSSR count). The lowest BCUT2D eigenvalue weighted by atomic mass is 9.87. The summed E-state index contributed by atoms with van der Waals surface area (Å²) in [7, 11) is 1.30. The lowest BCUT2D eigenvalue weighted by Gasteiger charge is -2.23. The van der Waals surface area contributed by atoms with Gasteiger partial charge in [-0.05, 0) is 11.8 Å². The molecule has 72 valence electrons. The lowest BCUT2D eigenvalue weighted by Crippen LogP contribution is -2.37. The third-order valence-corrected chi connectivity index (χ3v) is 1.70. The first kappa shape index (κ1) is 11.4. The van der Waals surface area contributed by atoms with E-state index in [2.05, 4.69) is 4.74 Å². The molecule has 12 heavy (non-hydrogen) atoms. The fraction of sp³-hybridized carbons (Fsp3) is 0.875. The highest BCUT2D eigenvalue weighted by Gasteiger charge is 2.24. The van der Waals surface area contributed by atoms with Crippen molar-refractivity contribution in [2.45, 2.75) is 26.3 Å². The summed E-state index contributed by atoms with van der Waals surface area (Å²) in [6.07, 6.45) is 0.427. The van der Waals surface area contributed by atoms with Crippen molar-refractivity contribution in [3.05, 3.63) is 0 Å². The van der Waals surface area contributed by atoms with Gasteiger partial charge in [-0.1, -0.05) is 13.8 Å². The molecular formula is C8H17NO3. The predicted octanol–water partition coefficient (Wildman–Crippen LogP) is -0.105. The number of esters is 1. The minimum atomic E-state index is -0.642. The lowest BCUT2D eigenvalue weighted by molar-refractivity contribution is -0.143. The summed E-state index contributed by atoms with van der Waals surface area (Å²) < 4.78 is 4.46. The molecule has 0 aromatic carbocycles. The topological polar surface area (TPSA) is 72.5 Å². The number of rotatable bonds is 4. The molecule has 0 aromatic heterocycles. The molecule has 0 fully saturated rings. The standard InChI is InChI=1S/C8H17NO3/c1-8(2,5-10)4-6(9)7(11)12-3/h6,10H,4-5,9H2,1-3H3. The van der Waals surface area contributed by atoms with Crippen LogP contribution in [0.25, 0.3) is 0 Å². The number of aliphatic hydroxyl groups excluding tert-OH is 1. The Labute approximate surface area is 72.7 Å². The molecule has 1 atom stereocenters. The minimum Gasteiger partial charge on any atom is -0.468 e. The van der Waals surface area contributed by atoms with E-state index in [0.717, 1.165) is 0 Å². The second kappa shape index (κ2) is 4.42. The van der Waals surface area contributed by atoms with Crippen LogP contribution in [0.1, 0.15) is 20.3 Å². The van der Waals surface area contributed by atoms with Gasteiger partial charge < -0.3 is 15.6 Å². The Morgan fingerprint density at radius 2 is 2.17 bits per heavy atom. The van der Waals surface area contributed by atoms with E-state index in [9.17, 15) is 4.79 Å². The van der Waals surface area contributed by atoms with Gasteiger partial charge in [-0.25, -0.2) is 0 Å². The highest BCUT2D eigenvalue weighted by molar-refractivity contribution is 5.75. The Bertz CT molecular complexity index is 156. The van der Waals surface area contributed by atoms with Gasteiger partial charge in [0.1, 0.15) is 6.04 Å². The number of ether oxygens (including phenoxy) is 1. The van der Waals surface area contributed by atoms with E-state index in [1.54, 1.807) is 0 Å². The number of aliphatic hydroxyl groups is 1. The van der Waals surface area contributed by atoms with Crippen molar-refractivity contribution >= 4 is 5.97 Å². The summed E-state index contributed by atoms with van der Waals surface area (Å²) >= 11 is 0. The van der Waals surface area contributed by atoms with E-state index < -0.39 is 12.0 Å². The van der Waals surface area contributed by atoms with Gasteiger partial charge in [0.2, 0.25) is 0 Å². The largest absolute Gasteiger partial charge is 0.468 e. The Balaban J connectivity index is 3.99. The third kappa shape index (κ3) is 3.69. The molecule has 1 unspecified atom stereocenters. The maximum Gasteiger partial charge on any atom is 0.322 e. The molecule has 0 saturated heterocycles. The van der Waals surface area contributed by atoms with E-state index in [0.29, 0.717) is 6.42 Å². The van der Waals surface area contributed by atoms with E-state index in [4.69, 9.17) is 10.8 Å². The van der Waals surface area contributed by atoms with Gasteiger partial charge in [0.15, 0.2) is 0 Å². The number of methoxy groups -OCH3 is 1. The number of hydrogen-bond donors (Lipinski definition) is 2. The molecule has 0 aromatic rings. The maximum atomic E-state index is 10.9. The quantitative estimate of drug-likeness (QED) is 0.585. The monoisotopic (exact) mass is 175 g/mol. The van der Waals surface area contributed by atoms with Crippen molar-refractivity contribution in [1.29, 1.82) is 0 Å². The summed E-state index contributed by atoms with van der Waals surface area (Å²) in [6, 6.07) is -0.642. The SMILES string of the molecule is COC(=O)C(N)CC(C)(C)CO. The van der Waals surface area contributed by atoms with Gasteiger partial charge >= 0.3 is 5.97 Å². The zero-order chi connectivity index (χ0) is 9.78. The van der Waals surface area contributed by atoms with Crippen LogP contribution in [0.15, 0.2) is 0 Å². The number of carbonyl (C=O) groups excluding carboxylic acids is 1. The van der Waals surface area contributed by atoms with Crippen molar-refractivity contribution in [2.24, 2.45) is 11.1 Å². The van der Waals surface area contributed by atoms with Crippen LogP contribution in [-0.2, 0) is 9.53 Å². The molecule has 0 spiro atoms. The molecule has 0 saturated carbocycles. The molecule has 0 aliphatic carbocycles. The van der Waals surface area contributed by atoms with E-state index in [1.165, 1.54) is 7.11 Å². The van der Waals surface area contributed by atoms with Crippen LogP contribution in [-0.4, -0.2) is 30.8 Å². The Kier molecular flexibility index (Phi) is 4.20. The highest BCUT2D eigenvalue weighted by atomic mass is 16.5. The molecule has 0 aliphatic rings. The molecule has 0 amide bonds. The normalized spacial score (nSPS) is 14.1. The second-order valence-corrected chi connectivity index (χ2v) is 3.66. The van der Waals surface area contributed by atoms with Crippen LogP contribution >= 0.6 is 0 Å². The molecule has 0 heterocycles. The van der Waals surface area contributed by atoms with E-state index >= 15 is 0 Å². The van der Waals surface area contributed by atoms with Crippen LogP contribution in [0, 0.1) is 5.41 Å². The van der Waals surface area contributed by atoms with Gasteiger partial charge in [-0.3, -0.25) is 4.79 Å². The molecular weight excluding hydrogens is 158 g/mol. The van der Waals surface area contributed by atoms with Crippen molar-refractivity contribution < 1.29 is 14.6 Å². The van der Waals surface area contributed by atoms with Crippen LogP contribution in [0.4, 0.5) is 0 Å². The fourth-order valence-corrected chi connectivity index (χ4v) is 0.895. The van der Waals surface area contributed by atoms with Crippen molar-refractivity contribution in [1.82, 2.24) is 0 Å². The first-order valence-electron chi connectivity index (χ1n) is 3.87. The number of nitrogens with two attached hydrogens (primary N) is 1. The predicted molar refractivity (Wildman–Crippen MR) is 45.5 cm³/mol. The molecule has 3 N–H and O–H groups in total. The van der Waals surface area contributed by atoms with Crippen molar-refractivity contribution in [3.8, 4) is 0 Å². The second-order valence-electron chi connectivity index (χ2n) is 3.66. The maximum absolute atomic E-state index is 10.9. The first-order chi connectivity index (χ1) is 5.43. The van der Waals surface area contributed by atoms with Gasteiger partial charge in [-0.2, -0.15) is 0 Å². The zero-order valence-electron chi connectivity index (χ0n) is 7.83. The zero-order valence-corrected chi connectivity index (χ0v) is 7.83. The van der Waals surface area contributed by atoms with Crippen LogP contribution in [0.5, 0.6) is 0 Å². The van der Waals surface area contributed by atoms with Gasteiger partial charge in [0, 0.05) is 6.61 Å². The molecule has 4 heteroatoms. The molecule has 0 bridgehead atoms. The minimum absolute atomic E-state index is 0.0116. The first-order valence-corrected chi connectivity index (χ1v) is 3.87. The smallest absolute Gasteiger partial charge is 0.322 e. The summed E-state index contributed by atoms with van der Waals surface area (Å²) in [4.78, 5) is 10.9. The average Bonchev–Trinajstić information content (AvgIpc) is 2.02. The van der Waals surface area contributed by atoms with Crippen LogP contribution in [0.3, 0.4) is 0 Å². The molecule has 0 aliphatic heterocycles. The third-order valence-electron chi connectivity index (χ3n) is 1.70. The Morgan fingerprint density at radius 3 is 2.50 bits per heavy atom. The van der Waals surface area contributed by atoms with Gasteiger partial charge in [0.25, 0.3) is 0 Å². The fourth-order valence-electron chi connectivity index (χ4n) is 0.895. The Hall–Kier alpha value is -0.610. The van der Waals surface area contributed by atoms with Gasteiger partial charge in [-0.15, -0.1) is 0 Å². The van der Waals surface area contributed by atoms with Gasteiger partial charge in [0.05, 0.1) is 7.11 Å². The molecule has 0 radical (unpaired) electrons. The van der Waals surface area contributed by atoms with E-state index in [-0.39, 0.29) is 12.0 Å². The summed E-state index contributed by atoms with van der Waals surface area (Å²) in [5.74, 6) is -0.434. The highest BCUT2D eigenvalue weighted by Crippen LogP contribution is 2.20. The van der Waals surface area contributed by atoms with Crippen molar-refractivity contribution in [2.75, 3.05) is 13.7 Å². The number of hydrogen-bond acceptors (Lipinski definition) is 4. The van der Waals surface area contributed by atoms with Crippen molar-refractivity contribution in [3.63, 3.8) is 0 Å². The van der Waals surface area contributed by atoms with E-state index in [1.807, 2.05) is 13.8 Å². The number of carbonyl (C=O) groups is 1. The average molecular weight is 175 g/mol.